The van der Waals surface area contributed by atoms with Crippen LogP contribution in [0.2, 0.25) is 0 Å². The van der Waals surface area contributed by atoms with Crippen molar-refractivity contribution in [2.24, 2.45) is 5.73 Å². The van der Waals surface area contributed by atoms with Gasteiger partial charge in [-0.05, 0) is 45.2 Å². The van der Waals surface area contributed by atoms with E-state index in [0.29, 0.717) is 12.5 Å². The van der Waals surface area contributed by atoms with E-state index in [1.807, 2.05) is 0 Å². The summed E-state index contributed by atoms with van der Waals surface area (Å²) in [4.78, 5) is 13.3. The van der Waals surface area contributed by atoms with E-state index in [9.17, 15) is 4.79 Å². The second-order valence-corrected chi connectivity index (χ2v) is 4.64. The molecule has 1 aliphatic heterocycles. The molecule has 4 heteroatoms. The Hall–Kier alpha value is -0.610. The van der Waals surface area contributed by atoms with E-state index in [0.717, 1.165) is 38.8 Å². The highest BCUT2D eigenvalue weighted by molar-refractivity contribution is 5.74. The highest BCUT2D eigenvalue weighted by atomic mass is 16.2. The standard InChI is InChI=1S/C12H24N2O2/c13-12(16)10-11-6-2-4-8-14(11)7-3-1-5-9-15/h11,15H,1-10H2,(H2,13,16). The van der Waals surface area contributed by atoms with Crippen LogP contribution in [0.1, 0.15) is 44.9 Å². The lowest BCUT2D eigenvalue weighted by Gasteiger charge is -2.35. The van der Waals surface area contributed by atoms with Crippen molar-refractivity contribution < 1.29 is 9.90 Å². The fraction of sp³-hybridized carbons (Fsp3) is 0.917. The Kier molecular flexibility index (Phi) is 6.42. The molecule has 16 heavy (non-hydrogen) atoms. The highest BCUT2D eigenvalue weighted by Crippen LogP contribution is 2.19. The number of unbranched alkanes of at least 4 members (excludes halogenated alkanes) is 2. The Bertz CT molecular complexity index is 209. The minimum atomic E-state index is -0.188. The van der Waals surface area contributed by atoms with Gasteiger partial charge in [0.05, 0.1) is 0 Å². The molecule has 0 bridgehead atoms. The molecule has 0 aromatic rings. The van der Waals surface area contributed by atoms with Gasteiger partial charge in [0.1, 0.15) is 0 Å². The first-order chi connectivity index (χ1) is 7.74. The second kappa shape index (κ2) is 7.63. The zero-order valence-corrected chi connectivity index (χ0v) is 10.0. The van der Waals surface area contributed by atoms with Crippen molar-refractivity contribution in [3.05, 3.63) is 0 Å². The monoisotopic (exact) mass is 228 g/mol. The van der Waals surface area contributed by atoms with Gasteiger partial charge in [0.2, 0.25) is 5.91 Å². The summed E-state index contributed by atoms with van der Waals surface area (Å²) in [6.45, 7) is 2.42. The lowest BCUT2D eigenvalue weighted by atomic mass is 9.98. The van der Waals surface area contributed by atoms with Gasteiger partial charge in [-0.25, -0.2) is 0 Å². The maximum Gasteiger partial charge on any atom is 0.218 e. The molecular formula is C12H24N2O2. The van der Waals surface area contributed by atoms with Crippen LogP contribution in [0.5, 0.6) is 0 Å². The van der Waals surface area contributed by atoms with Crippen LogP contribution in [0.15, 0.2) is 0 Å². The number of hydrogen-bond acceptors (Lipinski definition) is 3. The number of carbonyl (C=O) groups excluding carboxylic acids is 1. The topological polar surface area (TPSA) is 66.6 Å². The van der Waals surface area contributed by atoms with E-state index in [4.69, 9.17) is 10.8 Å². The molecule has 4 nitrogen and oxygen atoms in total. The summed E-state index contributed by atoms with van der Waals surface area (Å²) in [6, 6.07) is 0.361. The summed E-state index contributed by atoms with van der Waals surface area (Å²) in [5.74, 6) is -0.188. The van der Waals surface area contributed by atoms with Gasteiger partial charge in [0, 0.05) is 19.1 Å². The van der Waals surface area contributed by atoms with Crippen molar-refractivity contribution in [2.75, 3.05) is 19.7 Å². The number of nitrogens with two attached hydrogens (primary N) is 1. The lowest BCUT2D eigenvalue weighted by molar-refractivity contribution is -0.119. The fourth-order valence-corrected chi connectivity index (χ4v) is 2.42. The smallest absolute Gasteiger partial charge is 0.218 e. The number of hydrogen-bond donors (Lipinski definition) is 2. The van der Waals surface area contributed by atoms with E-state index in [1.54, 1.807) is 0 Å². The van der Waals surface area contributed by atoms with Crippen molar-refractivity contribution >= 4 is 5.91 Å². The third-order valence-corrected chi connectivity index (χ3v) is 3.29. The molecule has 0 aromatic carbocycles. The van der Waals surface area contributed by atoms with Gasteiger partial charge in [-0.1, -0.05) is 6.42 Å². The molecule has 0 aromatic heterocycles. The number of nitrogens with zero attached hydrogens (tertiary/aromatic N) is 1. The van der Waals surface area contributed by atoms with Gasteiger partial charge in [-0.2, -0.15) is 0 Å². The number of aliphatic hydroxyl groups is 1. The van der Waals surface area contributed by atoms with E-state index in [2.05, 4.69) is 4.90 Å². The summed E-state index contributed by atoms with van der Waals surface area (Å²) < 4.78 is 0. The van der Waals surface area contributed by atoms with Crippen LogP contribution < -0.4 is 5.73 Å². The maximum absolute atomic E-state index is 11.0. The molecule has 1 aliphatic rings. The largest absolute Gasteiger partial charge is 0.396 e. The number of amides is 1. The molecule has 0 radical (unpaired) electrons. The highest BCUT2D eigenvalue weighted by Gasteiger charge is 2.23. The number of piperidine rings is 1. The Balaban J connectivity index is 2.26. The summed E-state index contributed by atoms with van der Waals surface area (Å²) >= 11 is 0. The molecule has 3 N–H and O–H groups in total. The number of aliphatic hydroxyl groups excluding tert-OH is 1. The molecule has 1 unspecified atom stereocenters. The Morgan fingerprint density at radius 2 is 2.12 bits per heavy atom. The molecule has 1 heterocycles. The summed E-state index contributed by atoms with van der Waals surface area (Å²) in [5, 5.41) is 8.70. The van der Waals surface area contributed by atoms with Crippen molar-refractivity contribution in [1.82, 2.24) is 4.90 Å². The summed E-state index contributed by atoms with van der Waals surface area (Å²) in [5.41, 5.74) is 5.26. The molecule has 0 saturated carbocycles. The van der Waals surface area contributed by atoms with Crippen LogP contribution in [0.4, 0.5) is 0 Å². The third-order valence-electron chi connectivity index (χ3n) is 3.29. The van der Waals surface area contributed by atoms with Gasteiger partial charge in [-0.3, -0.25) is 9.69 Å². The van der Waals surface area contributed by atoms with Crippen LogP contribution in [0.25, 0.3) is 0 Å². The van der Waals surface area contributed by atoms with E-state index in [1.165, 1.54) is 12.8 Å². The lowest BCUT2D eigenvalue weighted by Crippen LogP contribution is -2.42. The summed E-state index contributed by atoms with van der Waals surface area (Å²) in [6.07, 6.45) is 7.10. The fourth-order valence-electron chi connectivity index (χ4n) is 2.42. The first-order valence-corrected chi connectivity index (χ1v) is 6.37. The normalized spacial score (nSPS) is 22.2. The molecule has 0 spiro atoms. The predicted molar refractivity (Wildman–Crippen MR) is 64.0 cm³/mol. The molecule has 1 fully saturated rings. The first kappa shape index (κ1) is 13.5. The average molecular weight is 228 g/mol. The minimum Gasteiger partial charge on any atom is -0.396 e. The van der Waals surface area contributed by atoms with Crippen LogP contribution in [0.3, 0.4) is 0 Å². The van der Waals surface area contributed by atoms with Crippen molar-refractivity contribution in [1.29, 1.82) is 0 Å². The van der Waals surface area contributed by atoms with Crippen LogP contribution in [-0.4, -0.2) is 41.7 Å². The number of primary amides is 1. The maximum atomic E-state index is 11.0. The van der Waals surface area contributed by atoms with Crippen LogP contribution >= 0.6 is 0 Å². The number of likely N-dealkylation sites (tertiary alicyclic amines) is 1. The van der Waals surface area contributed by atoms with Crippen molar-refractivity contribution in [3.8, 4) is 0 Å². The molecule has 94 valence electrons. The van der Waals surface area contributed by atoms with Gasteiger partial charge >= 0.3 is 0 Å². The quantitative estimate of drug-likeness (QED) is 0.636. The van der Waals surface area contributed by atoms with E-state index < -0.39 is 0 Å². The summed E-state index contributed by atoms with van der Waals surface area (Å²) in [7, 11) is 0. The minimum absolute atomic E-state index is 0.188. The third kappa shape index (κ3) is 4.94. The van der Waals surface area contributed by atoms with Gasteiger partial charge in [0.15, 0.2) is 0 Å². The molecule has 1 saturated heterocycles. The van der Waals surface area contributed by atoms with Gasteiger partial charge < -0.3 is 10.8 Å². The van der Waals surface area contributed by atoms with Crippen molar-refractivity contribution in [3.63, 3.8) is 0 Å². The number of carbonyl (C=O) groups is 1. The molecular weight excluding hydrogens is 204 g/mol. The molecule has 1 atom stereocenters. The molecule has 1 amide bonds. The number of rotatable bonds is 7. The molecule has 0 aliphatic carbocycles. The van der Waals surface area contributed by atoms with E-state index >= 15 is 0 Å². The van der Waals surface area contributed by atoms with Gasteiger partial charge in [0.25, 0.3) is 0 Å². The predicted octanol–water partition coefficient (Wildman–Crippen LogP) is 0.879. The zero-order chi connectivity index (χ0) is 11.8. The average Bonchev–Trinajstić information content (AvgIpc) is 2.26. The Morgan fingerprint density at radius 3 is 2.81 bits per heavy atom. The Morgan fingerprint density at radius 1 is 1.31 bits per heavy atom. The van der Waals surface area contributed by atoms with Crippen LogP contribution in [-0.2, 0) is 4.79 Å². The zero-order valence-electron chi connectivity index (χ0n) is 10.0. The Labute approximate surface area is 97.8 Å². The van der Waals surface area contributed by atoms with E-state index in [-0.39, 0.29) is 12.5 Å². The van der Waals surface area contributed by atoms with Gasteiger partial charge in [-0.15, -0.1) is 0 Å². The van der Waals surface area contributed by atoms with Crippen molar-refractivity contribution in [2.45, 2.75) is 51.0 Å². The molecule has 1 rings (SSSR count). The first-order valence-electron chi connectivity index (χ1n) is 6.37. The van der Waals surface area contributed by atoms with Crippen LogP contribution in [0, 0.1) is 0 Å². The SMILES string of the molecule is NC(=O)CC1CCCCN1CCCCCO. The second-order valence-electron chi connectivity index (χ2n) is 4.64.